The number of rotatable bonds is 4. The van der Waals surface area contributed by atoms with Crippen LogP contribution in [0.5, 0.6) is 5.75 Å². The number of nitrogens with zero attached hydrogens (tertiary/aromatic N) is 2. The second-order valence-electron chi connectivity index (χ2n) is 4.91. The molecule has 0 aromatic heterocycles. The molecule has 0 aliphatic carbocycles. The Kier molecular flexibility index (Phi) is 5.10. The van der Waals surface area contributed by atoms with Gasteiger partial charge in [0.05, 0.1) is 7.11 Å². The van der Waals surface area contributed by atoms with Crippen LogP contribution in [0.4, 0.5) is 5.69 Å². The van der Waals surface area contributed by atoms with Gasteiger partial charge in [-0.1, -0.05) is 0 Å². The fraction of sp³-hybridized carbons (Fsp3) is 0.500. The van der Waals surface area contributed by atoms with E-state index in [0.29, 0.717) is 23.2 Å². The maximum absolute atomic E-state index is 12.5. The predicted molar refractivity (Wildman–Crippen MR) is 84.5 cm³/mol. The third-order valence-corrected chi connectivity index (χ3v) is 5.41. The zero-order valence-electron chi connectivity index (χ0n) is 12.0. The molecule has 1 saturated heterocycles. The normalized spacial score (nSPS) is 17.9. The van der Waals surface area contributed by atoms with E-state index < -0.39 is 10.0 Å². The minimum atomic E-state index is -3.73. The van der Waals surface area contributed by atoms with Gasteiger partial charge in [0.2, 0.25) is 0 Å². The molecule has 0 bridgehead atoms. The van der Waals surface area contributed by atoms with E-state index >= 15 is 0 Å². The van der Waals surface area contributed by atoms with E-state index in [1.807, 2.05) is 7.05 Å². The van der Waals surface area contributed by atoms with E-state index in [-0.39, 0.29) is 10.6 Å². The largest absolute Gasteiger partial charge is 0.495 e. The van der Waals surface area contributed by atoms with E-state index in [1.165, 1.54) is 13.2 Å². The van der Waals surface area contributed by atoms with Crippen molar-refractivity contribution in [3.63, 3.8) is 0 Å². The Balaban J connectivity index is 2.25. The molecule has 0 unspecified atom stereocenters. The lowest BCUT2D eigenvalue weighted by Gasteiger charge is -2.32. The SMILES string of the molecule is COc1cc(Br)c(N)cc1S(=O)(=O)NN1CCN(C)CC1. The molecule has 21 heavy (non-hydrogen) atoms. The quantitative estimate of drug-likeness (QED) is 0.740. The van der Waals surface area contributed by atoms with E-state index in [9.17, 15) is 8.42 Å². The van der Waals surface area contributed by atoms with Gasteiger partial charge in [-0.05, 0) is 35.1 Å². The summed E-state index contributed by atoms with van der Waals surface area (Å²) in [6.45, 7) is 2.87. The van der Waals surface area contributed by atoms with Crippen LogP contribution in [0.2, 0.25) is 0 Å². The first-order valence-corrected chi connectivity index (χ1v) is 8.70. The standard InChI is InChI=1S/C12H19BrN4O3S/c1-16-3-5-17(6-4-16)15-21(18,19)12-8-10(14)9(13)7-11(12)20-2/h7-8,15H,3-6,14H2,1-2H3. The summed E-state index contributed by atoms with van der Waals surface area (Å²) in [5, 5.41) is 1.69. The number of halogens is 1. The van der Waals surface area contributed by atoms with Crippen molar-refractivity contribution in [1.29, 1.82) is 0 Å². The number of nitrogens with two attached hydrogens (primary N) is 1. The molecule has 1 aromatic rings. The van der Waals surface area contributed by atoms with E-state index in [1.54, 1.807) is 11.1 Å². The van der Waals surface area contributed by atoms with Crippen molar-refractivity contribution in [1.82, 2.24) is 14.7 Å². The Morgan fingerprint density at radius 2 is 1.90 bits per heavy atom. The molecule has 118 valence electrons. The number of hydrogen-bond donors (Lipinski definition) is 2. The second-order valence-corrected chi connectivity index (χ2v) is 7.39. The van der Waals surface area contributed by atoms with Crippen molar-refractivity contribution >= 4 is 31.6 Å². The third-order valence-electron chi connectivity index (χ3n) is 3.33. The number of likely N-dealkylation sites (N-methyl/N-ethyl adjacent to an activating group) is 1. The minimum Gasteiger partial charge on any atom is -0.495 e. The van der Waals surface area contributed by atoms with Gasteiger partial charge in [0, 0.05) is 36.3 Å². The van der Waals surface area contributed by atoms with Crippen LogP contribution >= 0.6 is 15.9 Å². The number of piperazine rings is 1. The molecule has 0 spiro atoms. The van der Waals surface area contributed by atoms with E-state index in [4.69, 9.17) is 10.5 Å². The highest BCUT2D eigenvalue weighted by Gasteiger charge is 2.25. The molecule has 1 heterocycles. The van der Waals surface area contributed by atoms with Crippen LogP contribution in [0, 0.1) is 0 Å². The van der Waals surface area contributed by atoms with Gasteiger partial charge in [-0.15, -0.1) is 4.83 Å². The summed E-state index contributed by atoms with van der Waals surface area (Å²) < 4.78 is 30.8. The molecular formula is C12H19BrN4O3S. The smallest absolute Gasteiger partial charge is 0.257 e. The number of nitrogen functional groups attached to an aromatic ring is 1. The first-order chi connectivity index (χ1) is 9.83. The van der Waals surface area contributed by atoms with Crippen LogP contribution in [-0.4, -0.2) is 58.7 Å². The van der Waals surface area contributed by atoms with Gasteiger partial charge in [-0.2, -0.15) is 0 Å². The van der Waals surface area contributed by atoms with Crippen LogP contribution in [0.15, 0.2) is 21.5 Å². The Labute approximate surface area is 133 Å². The molecule has 1 aliphatic heterocycles. The highest BCUT2D eigenvalue weighted by atomic mass is 79.9. The maximum atomic E-state index is 12.5. The maximum Gasteiger partial charge on any atom is 0.257 e. The van der Waals surface area contributed by atoms with Crippen molar-refractivity contribution in [3.05, 3.63) is 16.6 Å². The molecule has 1 aromatic carbocycles. The van der Waals surface area contributed by atoms with E-state index in [2.05, 4.69) is 25.7 Å². The van der Waals surface area contributed by atoms with Crippen LogP contribution in [0.25, 0.3) is 0 Å². The Hall–Kier alpha value is -0.870. The number of sulfonamides is 1. The van der Waals surface area contributed by atoms with E-state index in [0.717, 1.165) is 13.1 Å². The van der Waals surface area contributed by atoms with Crippen LogP contribution < -0.4 is 15.3 Å². The predicted octanol–water partition coefficient (Wildman–Crippen LogP) is 0.481. The molecule has 1 aliphatic rings. The first-order valence-electron chi connectivity index (χ1n) is 6.42. The number of hydrogen-bond acceptors (Lipinski definition) is 6. The monoisotopic (exact) mass is 378 g/mol. The third kappa shape index (κ3) is 3.86. The minimum absolute atomic E-state index is 0.0321. The average molecular weight is 379 g/mol. The Bertz CT molecular complexity index is 615. The average Bonchev–Trinajstić information content (AvgIpc) is 2.43. The lowest BCUT2D eigenvalue weighted by atomic mass is 10.3. The summed E-state index contributed by atoms with van der Waals surface area (Å²) in [6.07, 6.45) is 0. The topological polar surface area (TPSA) is 87.9 Å². The molecule has 0 atom stereocenters. The van der Waals surface area contributed by atoms with Gasteiger partial charge < -0.3 is 15.4 Å². The van der Waals surface area contributed by atoms with Gasteiger partial charge in [0.1, 0.15) is 10.6 Å². The summed E-state index contributed by atoms with van der Waals surface area (Å²) in [7, 11) is -0.300. The summed E-state index contributed by atoms with van der Waals surface area (Å²) >= 11 is 3.26. The van der Waals surface area contributed by atoms with Gasteiger partial charge in [-0.3, -0.25) is 0 Å². The second kappa shape index (κ2) is 6.49. The van der Waals surface area contributed by atoms with Crippen molar-refractivity contribution in [3.8, 4) is 5.75 Å². The number of anilines is 1. The highest BCUT2D eigenvalue weighted by molar-refractivity contribution is 9.10. The lowest BCUT2D eigenvalue weighted by Crippen LogP contribution is -2.52. The number of ether oxygens (including phenoxy) is 1. The highest BCUT2D eigenvalue weighted by Crippen LogP contribution is 2.32. The van der Waals surface area contributed by atoms with Crippen molar-refractivity contribution in [2.75, 3.05) is 46.1 Å². The number of hydrazine groups is 1. The molecule has 0 radical (unpaired) electrons. The summed E-state index contributed by atoms with van der Waals surface area (Å²) in [6, 6.07) is 2.94. The van der Waals surface area contributed by atoms with Gasteiger partial charge in [-0.25, -0.2) is 13.4 Å². The lowest BCUT2D eigenvalue weighted by molar-refractivity contribution is 0.134. The number of nitrogens with one attached hydrogen (secondary N) is 1. The molecule has 0 saturated carbocycles. The molecule has 7 nitrogen and oxygen atoms in total. The van der Waals surface area contributed by atoms with Crippen LogP contribution in [0.1, 0.15) is 0 Å². The Morgan fingerprint density at radius 3 is 2.48 bits per heavy atom. The number of benzene rings is 1. The zero-order chi connectivity index (χ0) is 15.6. The van der Waals surface area contributed by atoms with Crippen LogP contribution in [0.3, 0.4) is 0 Å². The zero-order valence-corrected chi connectivity index (χ0v) is 14.4. The van der Waals surface area contributed by atoms with Gasteiger partial charge in [0.25, 0.3) is 10.0 Å². The molecule has 0 amide bonds. The fourth-order valence-corrected chi connectivity index (χ4v) is 3.67. The Morgan fingerprint density at radius 1 is 1.29 bits per heavy atom. The molecule has 3 N–H and O–H groups in total. The molecule has 1 fully saturated rings. The summed E-state index contributed by atoms with van der Waals surface area (Å²) in [5.41, 5.74) is 6.12. The summed E-state index contributed by atoms with van der Waals surface area (Å²) in [4.78, 5) is 4.76. The molecule has 9 heteroatoms. The van der Waals surface area contributed by atoms with Gasteiger partial charge >= 0.3 is 0 Å². The fourth-order valence-electron chi connectivity index (χ4n) is 2.04. The first kappa shape index (κ1) is 16.5. The molecular weight excluding hydrogens is 360 g/mol. The number of methoxy groups -OCH3 is 1. The van der Waals surface area contributed by atoms with Crippen molar-refractivity contribution in [2.45, 2.75) is 4.90 Å². The van der Waals surface area contributed by atoms with Gasteiger partial charge in [0.15, 0.2) is 0 Å². The molecule has 2 rings (SSSR count). The van der Waals surface area contributed by atoms with Crippen LogP contribution in [-0.2, 0) is 10.0 Å². The summed E-state index contributed by atoms with van der Waals surface area (Å²) in [5.74, 6) is 0.248. The van der Waals surface area contributed by atoms with Crippen molar-refractivity contribution in [2.24, 2.45) is 0 Å². The van der Waals surface area contributed by atoms with Crippen molar-refractivity contribution < 1.29 is 13.2 Å².